The standard InChI is InChI=1S/C20H27N5O/c1-25(2)19-12-10-18(11-13-19)24-23-17-8-6-16(7-9-17)20(26)22-15-5-3-4-14-21/h6-13H,3-5,14-15,21H2,1-2H3,(H,22,26). The van der Waals surface area contributed by atoms with Gasteiger partial charge in [0.1, 0.15) is 0 Å². The number of benzene rings is 2. The number of nitrogens with zero attached hydrogens (tertiary/aromatic N) is 3. The van der Waals surface area contributed by atoms with Gasteiger partial charge in [-0.2, -0.15) is 10.2 Å². The second-order valence-electron chi connectivity index (χ2n) is 6.26. The number of hydrogen-bond donors (Lipinski definition) is 2. The van der Waals surface area contributed by atoms with Crippen molar-refractivity contribution in [3.8, 4) is 0 Å². The molecule has 3 N–H and O–H groups in total. The van der Waals surface area contributed by atoms with Gasteiger partial charge in [-0.15, -0.1) is 0 Å². The van der Waals surface area contributed by atoms with E-state index in [4.69, 9.17) is 5.73 Å². The smallest absolute Gasteiger partial charge is 0.251 e. The summed E-state index contributed by atoms with van der Waals surface area (Å²) in [4.78, 5) is 14.1. The molecule has 138 valence electrons. The zero-order valence-corrected chi connectivity index (χ0v) is 15.5. The van der Waals surface area contributed by atoms with Crippen LogP contribution < -0.4 is 16.0 Å². The molecule has 0 saturated carbocycles. The van der Waals surface area contributed by atoms with Crippen molar-refractivity contribution < 1.29 is 4.79 Å². The van der Waals surface area contributed by atoms with E-state index in [0.29, 0.717) is 24.3 Å². The highest BCUT2D eigenvalue weighted by Gasteiger charge is 2.04. The molecule has 0 bridgehead atoms. The SMILES string of the molecule is CN(C)c1ccc(N=Nc2ccc(C(=O)NCCCCCN)cc2)cc1. The summed E-state index contributed by atoms with van der Waals surface area (Å²) in [5.41, 5.74) is 8.68. The Morgan fingerprint density at radius 1 is 0.923 bits per heavy atom. The lowest BCUT2D eigenvalue weighted by Gasteiger charge is -2.11. The summed E-state index contributed by atoms with van der Waals surface area (Å²) >= 11 is 0. The summed E-state index contributed by atoms with van der Waals surface area (Å²) < 4.78 is 0. The maximum Gasteiger partial charge on any atom is 0.251 e. The molecular weight excluding hydrogens is 326 g/mol. The van der Waals surface area contributed by atoms with E-state index in [1.807, 2.05) is 43.3 Å². The summed E-state index contributed by atoms with van der Waals surface area (Å²) in [7, 11) is 3.99. The molecule has 2 rings (SSSR count). The fraction of sp³-hybridized carbons (Fsp3) is 0.350. The van der Waals surface area contributed by atoms with Crippen LogP contribution in [-0.4, -0.2) is 33.1 Å². The Bertz CT molecular complexity index is 708. The van der Waals surface area contributed by atoms with Crippen molar-refractivity contribution >= 4 is 23.0 Å². The van der Waals surface area contributed by atoms with Gasteiger partial charge in [0.05, 0.1) is 11.4 Å². The van der Waals surface area contributed by atoms with E-state index < -0.39 is 0 Å². The number of azo groups is 1. The Balaban J connectivity index is 1.87. The molecule has 0 radical (unpaired) electrons. The molecule has 0 unspecified atom stereocenters. The molecular formula is C20H27N5O. The van der Waals surface area contributed by atoms with Crippen LogP contribution in [0.15, 0.2) is 58.8 Å². The van der Waals surface area contributed by atoms with Crippen molar-refractivity contribution in [1.29, 1.82) is 0 Å². The number of unbranched alkanes of at least 4 members (excludes halogenated alkanes) is 2. The van der Waals surface area contributed by atoms with E-state index in [0.717, 1.165) is 30.6 Å². The van der Waals surface area contributed by atoms with Crippen molar-refractivity contribution in [1.82, 2.24) is 5.32 Å². The Morgan fingerprint density at radius 2 is 1.50 bits per heavy atom. The lowest BCUT2D eigenvalue weighted by Crippen LogP contribution is -2.24. The molecule has 6 heteroatoms. The Labute approximate surface area is 155 Å². The zero-order valence-electron chi connectivity index (χ0n) is 15.5. The Morgan fingerprint density at radius 3 is 2.04 bits per heavy atom. The summed E-state index contributed by atoms with van der Waals surface area (Å²) in [5, 5.41) is 11.4. The number of carbonyl (C=O) groups is 1. The average Bonchev–Trinajstić information content (AvgIpc) is 2.66. The number of nitrogens with two attached hydrogens (primary N) is 1. The second kappa shape index (κ2) is 10.3. The van der Waals surface area contributed by atoms with Crippen LogP contribution >= 0.6 is 0 Å². The molecule has 0 atom stereocenters. The Kier molecular flexibility index (Phi) is 7.76. The highest BCUT2D eigenvalue weighted by molar-refractivity contribution is 5.94. The molecule has 6 nitrogen and oxygen atoms in total. The van der Waals surface area contributed by atoms with Crippen molar-refractivity contribution in [2.24, 2.45) is 16.0 Å². The molecule has 26 heavy (non-hydrogen) atoms. The van der Waals surface area contributed by atoms with Crippen molar-refractivity contribution in [3.63, 3.8) is 0 Å². The van der Waals surface area contributed by atoms with Gasteiger partial charge in [0, 0.05) is 31.9 Å². The van der Waals surface area contributed by atoms with E-state index in [-0.39, 0.29) is 5.91 Å². The van der Waals surface area contributed by atoms with Gasteiger partial charge in [0.2, 0.25) is 0 Å². The fourth-order valence-electron chi connectivity index (χ4n) is 2.36. The molecule has 0 aliphatic rings. The molecule has 2 aromatic carbocycles. The fourth-order valence-corrected chi connectivity index (χ4v) is 2.36. The number of nitrogens with one attached hydrogen (secondary N) is 1. The van der Waals surface area contributed by atoms with Crippen LogP contribution in [0.4, 0.5) is 17.1 Å². The molecule has 1 amide bonds. The third-order valence-electron chi connectivity index (χ3n) is 3.94. The van der Waals surface area contributed by atoms with E-state index in [9.17, 15) is 4.79 Å². The van der Waals surface area contributed by atoms with Crippen LogP contribution in [0.3, 0.4) is 0 Å². The van der Waals surface area contributed by atoms with Gasteiger partial charge in [0.15, 0.2) is 0 Å². The molecule has 0 heterocycles. The van der Waals surface area contributed by atoms with Gasteiger partial charge in [-0.05, 0) is 67.9 Å². The molecule has 0 saturated heterocycles. The van der Waals surface area contributed by atoms with Gasteiger partial charge in [-0.3, -0.25) is 4.79 Å². The average molecular weight is 353 g/mol. The lowest BCUT2D eigenvalue weighted by atomic mass is 10.2. The first kappa shape index (κ1) is 19.6. The van der Waals surface area contributed by atoms with E-state index in [1.165, 1.54) is 0 Å². The quantitative estimate of drug-likeness (QED) is 0.527. The third-order valence-corrected chi connectivity index (χ3v) is 3.94. The predicted octanol–water partition coefficient (Wildman–Crippen LogP) is 4.03. The minimum absolute atomic E-state index is 0.0690. The van der Waals surface area contributed by atoms with Gasteiger partial charge in [-0.25, -0.2) is 0 Å². The van der Waals surface area contributed by atoms with E-state index >= 15 is 0 Å². The maximum absolute atomic E-state index is 12.1. The highest BCUT2D eigenvalue weighted by Crippen LogP contribution is 2.21. The van der Waals surface area contributed by atoms with Crippen molar-refractivity contribution in [3.05, 3.63) is 54.1 Å². The third kappa shape index (κ3) is 6.29. The number of hydrogen-bond acceptors (Lipinski definition) is 5. The second-order valence-corrected chi connectivity index (χ2v) is 6.26. The predicted molar refractivity (Wildman–Crippen MR) is 107 cm³/mol. The van der Waals surface area contributed by atoms with Crippen molar-refractivity contribution in [2.75, 3.05) is 32.1 Å². The van der Waals surface area contributed by atoms with Crippen molar-refractivity contribution in [2.45, 2.75) is 19.3 Å². The molecule has 0 aliphatic heterocycles. The van der Waals surface area contributed by atoms with Crippen LogP contribution in [0.1, 0.15) is 29.6 Å². The molecule has 0 aromatic heterocycles. The minimum Gasteiger partial charge on any atom is -0.378 e. The first-order valence-corrected chi connectivity index (χ1v) is 8.87. The lowest BCUT2D eigenvalue weighted by molar-refractivity contribution is 0.0953. The molecule has 2 aromatic rings. The highest BCUT2D eigenvalue weighted by atomic mass is 16.1. The van der Waals surface area contributed by atoms with Gasteiger partial charge >= 0.3 is 0 Å². The monoisotopic (exact) mass is 353 g/mol. The summed E-state index contributed by atoms with van der Waals surface area (Å²) in [6.45, 7) is 1.37. The van der Waals surface area contributed by atoms with Crippen LogP contribution in [0.2, 0.25) is 0 Å². The molecule has 0 fully saturated rings. The molecule has 0 aliphatic carbocycles. The summed E-state index contributed by atoms with van der Waals surface area (Å²) in [6, 6.07) is 14.9. The van der Waals surface area contributed by atoms with Gasteiger partial charge < -0.3 is 16.0 Å². The zero-order chi connectivity index (χ0) is 18.8. The Hall–Kier alpha value is -2.73. The number of anilines is 1. The van der Waals surface area contributed by atoms with Crippen LogP contribution in [-0.2, 0) is 0 Å². The normalized spacial score (nSPS) is 10.9. The van der Waals surface area contributed by atoms with Gasteiger partial charge in [0.25, 0.3) is 5.91 Å². The van der Waals surface area contributed by atoms with E-state index in [2.05, 4.69) is 15.5 Å². The molecule has 0 spiro atoms. The number of carbonyl (C=O) groups excluding carboxylic acids is 1. The summed E-state index contributed by atoms with van der Waals surface area (Å²) in [5.74, 6) is -0.0690. The first-order chi connectivity index (χ1) is 12.6. The van der Waals surface area contributed by atoms with Crippen LogP contribution in [0.25, 0.3) is 0 Å². The van der Waals surface area contributed by atoms with E-state index in [1.54, 1.807) is 24.3 Å². The number of rotatable bonds is 9. The largest absolute Gasteiger partial charge is 0.378 e. The minimum atomic E-state index is -0.0690. The summed E-state index contributed by atoms with van der Waals surface area (Å²) in [6.07, 6.45) is 2.97. The maximum atomic E-state index is 12.1. The first-order valence-electron chi connectivity index (χ1n) is 8.87. The van der Waals surface area contributed by atoms with Gasteiger partial charge in [-0.1, -0.05) is 6.42 Å². The topological polar surface area (TPSA) is 83.1 Å². The number of amides is 1. The van der Waals surface area contributed by atoms with Crippen LogP contribution in [0, 0.1) is 0 Å². The van der Waals surface area contributed by atoms with Crippen LogP contribution in [0.5, 0.6) is 0 Å².